The minimum absolute atomic E-state index is 0.0260. The molecular formula is C16H22Cl2Si. The van der Waals surface area contributed by atoms with Crippen LogP contribution in [0.15, 0.2) is 42.7 Å². The average molecular weight is 313 g/mol. The van der Waals surface area contributed by atoms with Gasteiger partial charge in [-0.25, -0.2) is 0 Å². The van der Waals surface area contributed by atoms with Gasteiger partial charge in [-0.2, -0.15) is 0 Å². The van der Waals surface area contributed by atoms with E-state index >= 15 is 0 Å². The molecule has 0 nitrogen and oxygen atoms in total. The first-order valence-corrected chi connectivity index (χ1v) is 8.96. The Morgan fingerprint density at radius 3 is 1.84 bits per heavy atom. The molecule has 2 aliphatic carbocycles. The van der Waals surface area contributed by atoms with Crippen LogP contribution in [-0.2, 0) is 0 Å². The lowest BCUT2D eigenvalue weighted by atomic mass is 9.95. The first-order chi connectivity index (χ1) is 8.67. The number of allylic oxidation sites excluding steroid dienone is 8. The second-order valence-corrected chi connectivity index (χ2v) is 9.03. The molecule has 0 aromatic carbocycles. The SMILES string of the molecule is CC1=C(Cl)CC([SiH2]C2=C(C)C(C)=C(Cl)C2(C)C)=C1C. The summed E-state index contributed by atoms with van der Waals surface area (Å²) in [6.45, 7) is 13.2. The fourth-order valence-corrected chi connectivity index (χ4v) is 6.45. The van der Waals surface area contributed by atoms with Gasteiger partial charge in [0.25, 0.3) is 0 Å². The molecule has 0 amide bonds. The maximum absolute atomic E-state index is 6.53. The zero-order chi connectivity index (χ0) is 14.5. The highest BCUT2D eigenvalue weighted by atomic mass is 35.5. The summed E-state index contributed by atoms with van der Waals surface area (Å²) < 4.78 is 0. The van der Waals surface area contributed by atoms with E-state index in [1.165, 1.54) is 22.3 Å². The van der Waals surface area contributed by atoms with Gasteiger partial charge >= 0.3 is 0 Å². The lowest BCUT2D eigenvalue weighted by Crippen LogP contribution is -2.19. The van der Waals surface area contributed by atoms with Crippen LogP contribution in [0.3, 0.4) is 0 Å². The molecule has 0 aromatic rings. The summed E-state index contributed by atoms with van der Waals surface area (Å²) in [5.41, 5.74) is 5.43. The highest BCUT2D eigenvalue weighted by Gasteiger charge is 2.36. The molecule has 0 aliphatic heterocycles. The van der Waals surface area contributed by atoms with Gasteiger partial charge in [0.05, 0.1) is 9.52 Å². The van der Waals surface area contributed by atoms with E-state index < -0.39 is 9.52 Å². The number of halogens is 2. The van der Waals surface area contributed by atoms with E-state index in [2.05, 4.69) is 41.5 Å². The zero-order valence-electron chi connectivity index (χ0n) is 12.7. The molecule has 2 aliphatic rings. The Morgan fingerprint density at radius 1 is 0.895 bits per heavy atom. The first kappa shape index (κ1) is 15.2. The number of rotatable bonds is 2. The van der Waals surface area contributed by atoms with Crippen LogP contribution in [0, 0.1) is 5.41 Å². The fourth-order valence-electron chi connectivity index (χ4n) is 3.14. The van der Waals surface area contributed by atoms with E-state index in [-0.39, 0.29) is 5.41 Å². The summed E-state index contributed by atoms with van der Waals surface area (Å²) >= 11 is 12.8. The van der Waals surface area contributed by atoms with Crippen molar-refractivity contribution in [3.8, 4) is 0 Å². The van der Waals surface area contributed by atoms with Crippen molar-refractivity contribution in [3.05, 3.63) is 42.7 Å². The van der Waals surface area contributed by atoms with E-state index in [1.54, 1.807) is 10.4 Å². The van der Waals surface area contributed by atoms with E-state index in [4.69, 9.17) is 23.2 Å². The molecule has 0 N–H and O–H groups in total. The van der Waals surface area contributed by atoms with Gasteiger partial charge in [-0.15, -0.1) is 0 Å². The van der Waals surface area contributed by atoms with E-state index in [1.807, 2.05) is 0 Å². The molecule has 0 heterocycles. The van der Waals surface area contributed by atoms with Crippen molar-refractivity contribution >= 4 is 32.7 Å². The second kappa shape index (κ2) is 4.94. The molecular weight excluding hydrogens is 291 g/mol. The Labute approximate surface area is 129 Å². The van der Waals surface area contributed by atoms with E-state index in [0.29, 0.717) is 0 Å². The molecule has 104 valence electrons. The van der Waals surface area contributed by atoms with E-state index in [0.717, 1.165) is 16.5 Å². The van der Waals surface area contributed by atoms with Gasteiger partial charge in [-0.1, -0.05) is 58.6 Å². The minimum atomic E-state index is -0.455. The highest BCUT2D eigenvalue weighted by Crippen LogP contribution is 2.49. The molecule has 0 bridgehead atoms. The molecule has 19 heavy (non-hydrogen) atoms. The van der Waals surface area contributed by atoms with Gasteiger partial charge in [0, 0.05) is 21.9 Å². The van der Waals surface area contributed by atoms with Crippen LogP contribution in [0.1, 0.15) is 48.0 Å². The quantitative estimate of drug-likeness (QED) is 0.617. The summed E-state index contributed by atoms with van der Waals surface area (Å²) in [6.07, 6.45) is 0.967. The monoisotopic (exact) mass is 312 g/mol. The van der Waals surface area contributed by atoms with Crippen molar-refractivity contribution in [2.75, 3.05) is 0 Å². The van der Waals surface area contributed by atoms with Crippen molar-refractivity contribution in [2.24, 2.45) is 5.41 Å². The third-order valence-electron chi connectivity index (χ3n) is 4.91. The summed E-state index contributed by atoms with van der Waals surface area (Å²) in [5, 5.41) is 5.23. The third kappa shape index (κ3) is 2.30. The molecule has 0 spiro atoms. The van der Waals surface area contributed by atoms with Crippen molar-refractivity contribution in [3.63, 3.8) is 0 Å². The molecule has 0 atom stereocenters. The van der Waals surface area contributed by atoms with Crippen LogP contribution in [0.2, 0.25) is 0 Å². The largest absolute Gasteiger partial charge is 0.0885 e. The Balaban J connectivity index is 2.34. The Hall–Kier alpha value is -0.243. The van der Waals surface area contributed by atoms with Crippen molar-refractivity contribution in [1.29, 1.82) is 0 Å². The standard InChI is InChI=1S/C16H22Cl2Si/c1-8-9(2)13(7-12(8)17)19-15-11(4)10(3)14(18)16(15,5)6/h7,19H2,1-6H3. The van der Waals surface area contributed by atoms with Gasteiger partial charge in [0.1, 0.15) is 0 Å². The van der Waals surface area contributed by atoms with Gasteiger partial charge in [-0.05, 0) is 38.8 Å². The van der Waals surface area contributed by atoms with Crippen LogP contribution < -0.4 is 0 Å². The Morgan fingerprint density at radius 2 is 1.47 bits per heavy atom. The van der Waals surface area contributed by atoms with Crippen molar-refractivity contribution in [2.45, 2.75) is 48.0 Å². The van der Waals surface area contributed by atoms with Crippen LogP contribution in [-0.4, -0.2) is 9.52 Å². The minimum Gasteiger partial charge on any atom is -0.0885 e. The van der Waals surface area contributed by atoms with Gasteiger partial charge < -0.3 is 0 Å². The summed E-state index contributed by atoms with van der Waals surface area (Å²) in [4.78, 5) is 0. The summed E-state index contributed by atoms with van der Waals surface area (Å²) in [7, 11) is -0.455. The normalized spacial score (nSPS) is 24.0. The Kier molecular flexibility index (Phi) is 3.94. The predicted molar refractivity (Wildman–Crippen MR) is 89.4 cm³/mol. The fraction of sp³-hybridized carbons (Fsp3) is 0.500. The zero-order valence-corrected chi connectivity index (χ0v) is 15.6. The number of hydrogen-bond donors (Lipinski definition) is 0. The highest BCUT2D eigenvalue weighted by molar-refractivity contribution is 6.56. The molecule has 0 fully saturated rings. The van der Waals surface area contributed by atoms with Gasteiger partial charge in [-0.3, -0.25) is 0 Å². The molecule has 3 heteroatoms. The van der Waals surface area contributed by atoms with Gasteiger partial charge in [0.15, 0.2) is 0 Å². The van der Waals surface area contributed by atoms with Crippen LogP contribution in [0.5, 0.6) is 0 Å². The number of hydrogen-bond acceptors (Lipinski definition) is 0. The second-order valence-electron chi connectivity index (χ2n) is 6.28. The molecule has 0 radical (unpaired) electrons. The maximum atomic E-state index is 6.53. The smallest absolute Gasteiger partial charge is 0.0797 e. The Bertz CT molecular complexity index is 572. The van der Waals surface area contributed by atoms with Crippen molar-refractivity contribution in [1.82, 2.24) is 0 Å². The summed E-state index contributed by atoms with van der Waals surface area (Å²) in [5.74, 6) is 0. The predicted octanol–water partition coefficient (Wildman–Crippen LogP) is 5.17. The average Bonchev–Trinajstić information content (AvgIpc) is 2.66. The van der Waals surface area contributed by atoms with Crippen molar-refractivity contribution < 1.29 is 0 Å². The lowest BCUT2D eigenvalue weighted by Gasteiger charge is -2.25. The van der Waals surface area contributed by atoms with Crippen LogP contribution in [0.4, 0.5) is 0 Å². The third-order valence-corrected chi connectivity index (χ3v) is 9.05. The molecule has 0 saturated heterocycles. The topological polar surface area (TPSA) is 0 Å². The van der Waals surface area contributed by atoms with Gasteiger partial charge in [0.2, 0.25) is 0 Å². The lowest BCUT2D eigenvalue weighted by molar-refractivity contribution is 0.602. The van der Waals surface area contributed by atoms with Crippen LogP contribution in [0.25, 0.3) is 0 Å². The maximum Gasteiger partial charge on any atom is 0.0797 e. The van der Waals surface area contributed by atoms with E-state index in [9.17, 15) is 0 Å². The molecule has 2 rings (SSSR count). The van der Waals surface area contributed by atoms with Crippen LogP contribution >= 0.6 is 23.2 Å². The molecule has 0 unspecified atom stereocenters. The molecule has 0 saturated carbocycles. The summed E-state index contributed by atoms with van der Waals surface area (Å²) in [6, 6.07) is 0. The first-order valence-electron chi connectivity index (χ1n) is 6.79. The molecule has 0 aromatic heterocycles.